The Morgan fingerprint density at radius 3 is 2.85 bits per heavy atom. The number of para-hydroxylation sites is 1. The van der Waals surface area contributed by atoms with Crippen molar-refractivity contribution in [1.82, 2.24) is 4.57 Å². The van der Waals surface area contributed by atoms with Crippen molar-refractivity contribution in [1.29, 1.82) is 0 Å². The van der Waals surface area contributed by atoms with Crippen molar-refractivity contribution in [3.05, 3.63) is 49.9 Å². The Morgan fingerprint density at radius 1 is 1.30 bits per heavy atom. The lowest BCUT2D eigenvalue weighted by molar-refractivity contribution is -0.116. The summed E-state index contributed by atoms with van der Waals surface area (Å²) in [6.07, 6.45) is 2.70. The van der Waals surface area contributed by atoms with Crippen molar-refractivity contribution in [2.24, 2.45) is 11.7 Å². The largest absolute Gasteiger partial charge is 0.365 e. The van der Waals surface area contributed by atoms with Gasteiger partial charge in [-0.05, 0) is 42.9 Å². The van der Waals surface area contributed by atoms with Crippen LogP contribution < -0.4 is 15.9 Å². The molecule has 3 aromatic rings. The first-order valence-corrected chi connectivity index (χ1v) is 10.4. The third kappa shape index (κ3) is 3.30. The predicted octanol–water partition coefficient (Wildman–Crippen LogP) is 2.99. The lowest BCUT2D eigenvalue weighted by atomic mass is 9.88. The van der Waals surface area contributed by atoms with Crippen LogP contribution in [0.25, 0.3) is 10.2 Å². The Morgan fingerprint density at radius 2 is 2.07 bits per heavy atom. The van der Waals surface area contributed by atoms with E-state index < -0.39 is 5.91 Å². The number of thiophene rings is 1. The molecule has 0 saturated carbocycles. The number of hydrogen-bond donors (Lipinski definition) is 2. The van der Waals surface area contributed by atoms with Gasteiger partial charge in [0.2, 0.25) is 5.91 Å². The van der Waals surface area contributed by atoms with Crippen LogP contribution in [0.15, 0.2) is 29.1 Å². The number of hydrogen-bond acceptors (Lipinski definition) is 5. The Bertz CT molecular complexity index is 1110. The first kappa shape index (κ1) is 17.9. The second-order valence-corrected chi connectivity index (χ2v) is 8.99. The molecule has 1 aromatic carbocycles. The van der Waals surface area contributed by atoms with Crippen LogP contribution in [-0.2, 0) is 24.2 Å². The van der Waals surface area contributed by atoms with E-state index in [0.29, 0.717) is 16.5 Å². The van der Waals surface area contributed by atoms with Crippen LogP contribution in [0.3, 0.4) is 0 Å². The van der Waals surface area contributed by atoms with Crippen molar-refractivity contribution >= 4 is 49.7 Å². The number of thiazole rings is 1. The molecule has 3 N–H and O–H groups in total. The van der Waals surface area contributed by atoms with Gasteiger partial charge in [0, 0.05) is 4.88 Å². The maximum Gasteiger partial charge on any atom is 0.308 e. The fourth-order valence-electron chi connectivity index (χ4n) is 3.57. The van der Waals surface area contributed by atoms with E-state index in [0.717, 1.165) is 51.3 Å². The minimum Gasteiger partial charge on any atom is -0.365 e. The number of carbonyl (C=O) groups excluding carboxylic acids is 2. The molecule has 1 aliphatic carbocycles. The maximum atomic E-state index is 12.6. The molecular weight excluding hydrogens is 382 g/mol. The summed E-state index contributed by atoms with van der Waals surface area (Å²) >= 11 is 2.54. The van der Waals surface area contributed by atoms with E-state index in [1.807, 2.05) is 24.3 Å². The predicted molar refractivity (Wildman–Crippen MR) is 109 cm³/mol. The van der Waals surface area contributed by atoms with E-state index in [2.05, 4.69) is 12.2 Å². The zero-order valence-corrected chi connectivity index (χ0v) is 16.4. The molecule has 1 aliphatic rings. The van der Waals surface area contributed by atoms with Crippen molar-refractivity contribution in [3.8, 4) is 0 Å². The van der Waals surface area contributed by atoms with Gasteiger partial charge in [-0.2, -0.15) is 0 Å². The summed E-state index contributed by atoms with van der Waals surface area (Å²) in [6.45, 7) is 2.08. The van der Waals surface area contributed by atoms with E-state index >= 15 is 0 Å². The number of rotatable bonds is 4. The van der Waals surface area contributed by atoms with Crippen molar-refractivity contribution in [2.45, 2.75) is 32.7 Å². The molecule has 140 valence electrons. The van der Waals surface area contributed by atoms with Gasteiger partial charge in [-0.15, -0.1) is 11.3 Å². The Labute approximate surface area is 163 Å². The fraction of sp³-hybridized carbons (Fsp3) is 0.316. The molecule has 4 rings (SSSR count). The molecule has 0 saturated heterocycles. The Kier molecular flexibility index (Phi) is 4.61. The number of primary amides is 1. The molecule has 0 unspecified atom stereocenters. The van der Waals surface area contributed by atoms with E-state index in [1.165, 1.54) is 15.9 Å². The monoisotopic (exact) mass is 401 g/mol. The minimum atomic E-state index is -0.518. The van der Waals surface area contributed by atoms with Gasteiger partial charge in [0.15, 0.2) is 0 Å². The summed E-state index contributed by atoms with van der Waals surface area (Å²) in [6, 6.07) is 7.37. The first-order chi connectivity index (χ1) is 12.9. The highest BCUT2D eigenvalue weighted by atomic mass is 32.1. The summed E-state index contributed by atoms with van der Waals surface area (Å²) < 4.78 is 2.29. The van der Waals surface area contributed by atoms with Gasteiger partial charge in [0.05, 0.1) is 15.8 Å². The minimum absolute atomic E-state index is 0.0972. The zero-order chi connectivity index (χ0) is 19.1. The number of aromatic nitrogens is 1. The average molecular weight is 402 g/mol. The summed E-state index contributed by atoms with van der Waals surface area (Å²) in [4.78, 5) is 37.8. The summed E-state index contributed by atoms with van der Waals surface area (Å²) in [5, 5.41) is 3.32. The van der Waals surface area contributed by atoms with Crippen LogP contribution in [0.4, 0.5) is 5.00 Å². The summed E-state index contributed by atoms with van der Waals surface area (Å²) in [5.41, 5.74) is 7.72. The second-order valence-electron chi connectivity index (χ2n) is 6.89. The third-order valence-electron chi connectivity index (χ3n) is 4.89. The number of nitrogens with zero attached hydrogens (tertiary/aromatic N) is 1. The molecule has 8 heteroatoms. The van der Waals surface area contributed by atoms with E-state index in [1.54, 1.807) is 0 Å². The van der Waals surface area contributed by atoms with Gasteiger partial charge >= 0.3 is 4.87 Å². The quantitative estimate of drug-likeness (QED) is 0.704. The number of benzene rings is 1. The van der Waals surface area contributed by atoms with Gasteiger partial charge in [-0.1, -0.05) is 30.4 Å². The van der Waals surface area contributed by atoms with Gasteiger partial charge in [-0.3, -0.25) is 19.0 Å². The summed E-state index contributed by atoms with van der Waals surface area (Å²) in [7, 11) is 0. The molecule has 0 fully saturated rings. The molecule has 27 heavy (non-hydrogen) atoms. The average Bonchev–Trinajstić information content (AvgIpc) is 3.11. The van der Waals surface area contributed by atoms with E-state index in [-0.39, 0.29) is 17.3 Å². The molecule has 0 radical (unpaired) electrons. The van der Waals surface area contributed by atoms with Crippen molar-refractivity contribution in [3.63, 3.8) is 0 Å². The molecule has 2 amide bonds. The van der Waals surface area contributed by atoms with Gasteiger partial charge in [0.1, 0.15) is 11.5 Å². The molecule has 2 heterocycles. The van der Waals surface area contributed by atoms with Crippen LogP contribution in [0, 0.1) is 5.92 Å². The molecule has 2 aromatic heterocycles. The number of nitrogens with two attached hydrogens (primary N) is 1. The normalized spacial score (nSPS) is 16.3. The number of amides is 2. The number of carbonyl (C=O) groups is 2. The van der Waals surface area contributed by atoms with E-state index in [9.17, 15) is 14.4 Å². The van der Waals surface area contributed by atoms with Crippen molar-refractivity contribution in [2.75, 3.05) is 5.32 Å². The molecule has 0 aliphatic heterocycles. The molecule has 1 atom stereocenters. The standard InChI is InChI=1S/C19H19N3O3S2/c1-10-6-7-11-14(8-10)26-18(16(11)17(20)24)21-15(23)9-22-12-4-2-3-5-13(12)27-19(22)25/h2-5,10H,6-9H2,1H3,(H2,20,24)(H,21,23)/t10-/m0/s1. The molecule has 6 nitrogen and oxygen atoms in total. The SMILES string of the molecule is C[C@H]1CCc2c(sc(NC(=O)Cn3c(=O)sc4ccccc43)c2C(N)=O)C1. The topological polar surface area (TPSA) is 94.2 Å². The van der Waals surface area contributed by atoms with Crippen LogP contribution in [0.2, 0.25) is 0 Å². The lowest BCUT2D eigenvalue weighted by Gasteiger charge is -2.18. The van der Waals surface area contributed by atoms with Crippen LogP contribution in [0.1, 0.15) is 34.1 Å². The third-order valence-corrected chi connectivity index (χ3v) is 7.02. The molecule has 0 spiro atoms. The maximum absolute atomic E-state index is 12.6. The first-order valence-electron chi connectivity index (χ1n) is 8.76. The fourth-order valence-corrected chi connectivity index (χ4v) is 5.90. The lowest BCUT2D eigenvalue weighted by Crippen LogP contribution is -2.25. The number of anilines is 1. The second kappa shape index (κ2) is 6.94. The molecule has 0 bridgehead atoms. The van der Waals surface area contributed by atoms with Crippen LogP contribution in [0.5, 0.6) is 0 Å². The van der Waals surface area contributed by atoms with Gasteiger partial charge < -0.3 is 11.1 Å². The van der Waals surface area contributed by atoms with Gasteiger partial charge in [-0.25, -0.2) is 0 Å². The highest BCUT2D eigenvalue weighted by molar-refractivity contribution is 7.17. The highest BCUT2D eigenvalue weighted by Crippen LogP contribution is 2.39. The van der Waals surface area contributed by atoms with Crippen LogP contribution in [-0.4, -0.2) is 16.4 Å². The smallest absolute Gasteiger partial charge is 0.308 e. The number of nitrogens with one attached hydrogen (secondary N) is 1. The van der Waals surface area contributed by atoms with Crippen LogP contribution >= 0.6 is 22.7 Å². The molecular formula is C19H19N3O3S2. The van der Waals surface area contributed by atoms with Gasteiger partial charge in [0.25, 0.3) is 5.91 Å². The summed E-state index contributed by atoms with van der Waals surface area (Å²) in [5.74, 6) is -0.304. The van der Waals surface area contributed by atoms with E-state index in [4.69, 9.17) is 5.73 Å². The highest BCUT2D eigenvalue weighted by Gasteiger charge is 2.27. The Balaban J connectivity index is 1.62. The zero-order valence-electron chi connectivity index (χ0n) is 14.8. The number of fused-ring (bicyclic) bond motifs is 2. The Hall–Kier alpha value is -2.45. The van der Waals surface area contributed by atoms with Crippen molar-refractivity contribution < 1.29 is 9.59 Å².